The fourth-order valence-corrected chi connectivity index (χ4v) is 3.60. The predicted octanol–water partition coefficient (Wildman–Crippen LogP) is 0.974. The molecule has 0 bridgehead atoms. The lowest BCUT2D eigenvalue weighted by Crippen LogP contribution is -2.45. The van der Waals surface area contributed by atoms with E-state index in [0.717, 1.165) is 12.8 Å². The summed E-state index contributed by atoms with van der Waals surface area (Å²) in [6.45, 7) is 4.29. The molecule has 0 amide bonds. The molecule has 6 nitrogen and oxygen atoms in total. The van der Waals surface area contributed by atoms with Gasteiger partial charge in [0, 0.05) is 6.61 Å². The number of carbonyl (C=O) groups is 1. The minimum atomic E-state index is -3.63. The Balaban J connectivity index is 2.57. The van der Waals surface area contributed by atoms with Crippen molar-refractivity contribution in [1.82, 2.24) is 4.72 Å². The minimum absolute atomic E-state index is 0.106. The van der Waals surface area contributed by atoms with Crippen molar-refractivity contribution in [3.05, 3.63) is 0 Å². The first-order chi connectivity index (χ1) is 8.80. The number of carboxylic acid groups (broad SMARTS) is 1. The molecule has 1 aliphatic rings. The fraction of sp³-hybridized carbons (Fsp3) is 0.917. The number of nitrogens with one attached hydrogen (secondary N) is 1. The first-order valence-electron chi connectivity index (χ1n) is 6.64. The average molecular weight is 293 g/mol. The van der Waals surface area contributed by atoms with Crippen molar-refractivity contribution in [2.24, 2.45) is 5.92 Å². The highest BCUT2D eigenvalue weighted by Gasteiger charge is 2.28. The van der Waals surface area contributed by atoms with Crippen molar-refractivity contribution < 1.29 is 23.1 Å². The highest BCUT2D eigenvalue weighted by Crippen LogP contribution is 2.15. The summed E-state index contributed by atoms with van der Waals surface area (Å²) in [6.07, 6.45) is 2.58. The Morgan fingerprint density at radius 1 is 1.42 bits per heavy atom. The monoisotopic (exact) mass is 293 g/mol. The highest BCUT2D eigenvalue weighted by molar-refractivity contribution is 7.89. The zero-order chi connectivity index (χ0) is 14.5. The van der Waals surface area contributed by atoms with Gasteiger partial charge in [-0.15, -0.1) is 0 Å². The van der Waals surface area contributed by atoms with Crippen LogP contribution in [0, 0.1) is 5.92 Å². The second-order valence-corrected chi connectivity index (χ2v) is 7.21. The third-order valence-electron chi connectivity index (χ3n) is 3.01. The normalized spacial score (nSPS) is 22.4. The van der Waals surface area contributed by atoms with E-state index in [1.165, 1.54) is 0 Å². The molecule has 7 heteroatoms. The number of ether oxygens (including phenoxy) is 1. The van der Waals surface area contributed by atoms with E-state index in [9.17, 15) is 13.2 Å². The molecular weight excluding hydrogens is 270 g/mol. The molecule has 1 rings (SSSR count). The smallest absolute Gasteiger partial charge is 0.321 e. The Labute approximate surface area is 114 Å². The number of sulfonamides is 1. The topological polar surface area (TPSA) is 92.7 Å². The molecule has 0 aliphatic carbocycles. The van der Waals surface area contributed by atoms with Crippen LogP contribution in [-0.2, 0) is 19.6 Å². The van der Waals surface area contributed by atoms with E-state index < -0.39 is 22.0 Å². The van der Waals surface area contributed by atoms with Crippen molar-refractivity contribution in [1.29, 1.82) is 0 Å². The second-order valence-electron chi connectivity index (χ2n) is 5.41. The number of carboxylic acids is 1. The van der Waals surface area contributed by atoms with E-state index in [1.807, 2.05) is 13.8 Å². The van der Waals surface area contributed by atoms with Crippen LogP contribution in [0.3, 0.4) is 0 Å². The van der Waals surface area contributed by atoms with Gasteiger partial charge in [0.15, 0.2) is 0 Å². The van der Waals surface area contributed by atoms with Crippen LogP contribution >= 0.6 is 0 Å². The molecule has 112 valence electrons. The summed E-state index contributed by atoms with van der Waals surface area (Å²) in [5, 5.41) is 9.03. The molecule has 0 aromatic carbocycles. The van der Waals surface area contributed by atoms with E-state index >= 15 is 0 Å². The first kappa shape index (κ1) is 16.4. The van der Waals surface area contributed by atoms with Crippen molar-refractivity contribution in [2.75, 3.05) is 12.4 Å². The minimum Gasteiger partial charge on any atom is -0.480 e. The van der Waals surface area contributed by atoms with Crippen molar-refractivity contribution >= 4 is 16.0 Å². The van der Waals surface area contributed by atoms with Crippen molar-refractivity contribution in [3.8, 4) is 0 Å². The molecule has 2 N–H and O–H groups in total. The van der Waals surface area contributed by atoms with Crippen LogP contribution < -0.4 is 4.72 Å². The molecule has 1 fully saturated rings. The molecular formula is C12H23NO5S. The van der Waals surface area contributed by atoms with Gasteiger partial charge < -0.3 is 9.84 Å². The fourth-order valence-electron chi connectivity index (χ4n) is 2.12. The zero-order valence-corrected chi connectivity index (χ0v) is 12.3. The summed E-state index contributed by atoms with van der Waals surface area (Å²) in [7, 11) is -3.63. The van der Waals surface area contributed by atoms with E-state index in [4.69, 9.17) is 9.84 Å². The van der Waals surface area contributed by atoms with Crippen LogP contribution in [0.5, 0.6) is 0 Å². The number of rotatable bonds is 7. The summed E-state index contributed by atoms with van der Waals surface area (Å²) in [5.41, 5.74) is 0. The van der Waals surface area contributed by atoms with Gasteiger partial charge in [-0.05, 0) is 31.6 Å². The van der Waals surface area contributed by atoms with Crippen molar-refractivity contribution in [3.63, 3.8) is 0 Å². The van der Waals surface area contributed by atoms with E-state index in [-0.39, 0.29) is 24.2 Å². The van der Waals surface area contributed by atoms with Gasteiger partial charge in [0.25, 0.3) is 0 Å². The van der Waals surface area contributed by atoms with Crippen molar-refractivity contribution in [2.45, 2.75) is 51.7 Å². The maximum absolute atomic E-state index is 11.9. The Bertz CT molecular complexity index is 387. The number of hydrogen-bond acceptors (Lipinski definition) is 4. The van der Waals surface area contributed by atoms with Gasteiger partial charge in [-0.1, -0.05) is 13.8 Å². The lowest BCUT2D eigenvalue weighted by Gasteiger charge is -2.23. The van der Waals surface area contributed by atoms with E-state index in [0.29, 0.717) is 13.0 Å². The molecule has 0 spiro atoms. The molecule has 1 unspecified atom stereocenters. The second kappa shape index (κ2) is 7.21. The predicted molar refractivity (Wildman–Crippen MR) is 71.4 cm³/mol. The SMILES string of the molecule is CC(C)C[C@H](NS(=O)(=O)CC1CCCCO1)C(=O)O. The average Bonchev–Trinajstić information content (AvgIpc) is 2.27. The van der Waals surface area contributed by atoms with Crippen LogP contribution in [0.15, 0.2) is 0 Å². The van der Waals surface area contributed by atoms with Gasteiger partial charge in [0.2, 0.25) is 10.0 Å². The molecule has 0 saturated carbocycles. The standard InChI is InChI=1S/C12H23NO5S/c1-9(2)7-11(12(14)15)13-19(16,17)8-10-5-3-4-6-18-10/h9-11,13H,3-8H2,1-2H3,(H,14,15)/t10?,11-/m0/s1. The zero-order valence-electron chi connectivity index (χ0n) is 11.5. The Morgan fingerprint density at radius 3 is 2.58 bits per heavy atom. The molecule has 19 heavy (non-hydrogen) atoms. The van der Waals surface area contributed by atoms with Gasteiger partial charge >= 0.3 is 5.97 Å². The van der Waals surface area contributed by atoms with Crippen LogP contribution in [0.1, 0.15) is 39.5 Å². The van der Waals surface area contributed by atoms with E-state index in [1.54, 1.807) is 0 Å². The number of hydrogen-bond donors (Lipinski definition) is 2. The van der Waals surface area contributed by atoms with Gasteiger partial charge in [-0.25, -0.2) is 13.1 Å². The highest BCUT2D eigenvalue weighted by atomic mass is 32.2. The summed E-state index contributed by atoms with van der Waals surface area (Å²) in [4.78, 5) is 11.0. The maximum Gasteiger partial charge on any atom is 0.321 e. The Morgan fingerprint density at radius 2 is 2.11 bits per heavy atom. The summed E-state index contributed by atoms with van der Waals surface area (Å²) in [5.74, 6) is -1.19. The summed E-state index contributed by atoms with van der Waals surface area (Å²) < 4.78 is 31.5. The van der Waals surface area contributed by atoms with E-state index in [2.05, 4.69) is 4.72 Å². The first-order valence-corrected chi connectivity index (χ1v) is 8.30. The lowest BCUT2D eigenvalue weighted by molar-refractivity contribution is -0.139. The third kappa shape index (κ3) is 6.35. The third-order valence-corrected chi connectivity index (χ3v) is 4.46. The lowest BCUT2D eigenvalue weighted by atomic mass is 10.1. The van der Waals surface area contributed by atoms with Crippen LogP contribution in [0.2, 0.25) is 0 Å². The van der Waals surface area contributed by atoms with Crippen LogP contribution in [0.25, 0.3) is 0 Å². The van der Waals surface area contributed by atoms with Gasteiger partial charge in [0.05, 0.1) is 11.9 Å². The molecule has 0 radical (unpaired) electrons. The molecule has 0 aromatic heterocycles. The van der Waals surface area contributed by atoms with Gasteiger partial charge in [0.1, 0.15) is 6.04 Å². The van der Waals surface area contributed by atoms with Gasteiger partial charge in [-0.2, -0.15) is 0 Å². The van der Waals surface area contributed by atoms with Crippen LogP contribution in [-0.4, -0.2) is 44.0 Å². The quantitative estimate of drug-likeness (QED) is 0.729. The summed E-state index contributed by atoms with van der Waals surface area (Å²) >= 11 is 0. The van der Waals surface area contributed by atoms with Crippen LogP contribution in [0.4, 0.5) is 0 Å². The largest absolute Gasteiger partial charge is 0.480 e. The Hall–Kier alpha value is -0.660. The molecule has 2 atom stereocenters. The molecule has 1 saturated heterocycles. The maximum atomic E-state index is 11.9. The summed E-state index contributed by atoms with van der Waals surface area (Å²) in [6, 6.07) is -1.06. The molecule has 1 aliphatic heterocycles. The molecule has 1 heterocycles. The number of aliphatic carboxylic acids is 1. The Kier molecular flexibility index (Phi) is 6.22. The van der Waals surface area contributed by atoms with Gasteiger partial charge in [-0.3, -0.25) is 4.79 Å². The molecule has 0 aromatic rings.